The second-order valence-corrected chi connectivity index (χ2v) is 5.26. The number of hydrogen-bond acceptors (Lipinski definition) is 4. The molecule has 0 aliphatic carbocycles. The van der Waals surface area contributed by atoms with Crippen molar-refractivity contribution in [2.24, 2.45) is 0 Å². The molecule has 4 heteroatoms. The highest BCUT2D eigenvalue weighted by atomic mass is 16.8. The number of unbranched alkanes of at least 4 members (excludes halogenated alkanes) is 11. The van der Waals surface area contributed by atoms with Gasteiger partial charge in [0.05, 0.1) is 6.61 Å². The van der Waals surface area contributed by atoms with Crippen molar-refractivity contribution in [3.8, 4) is 0 Å². The van der Waals surface area contributed by atoms with Crippen LogP contribution in [0.1, 0.15) is 84.0 Å². The summed E-state index contributed by atoms with van der Waals surface area (Å²) in [5.41, 5.74) is 0. The largest absolute Gasteiger partial charge is 0.510 e. The number of aliphatic hydroxyl groups excluding tert-OH is 1. The number of carbonyl (C=O) groups excluding carboxylic acids is 1. The van der Waals surface area contributed by atoms with Gasteiger partial charge in [-0.3, -0.25) is 0 Å². The molecule has 4 nitrogen and oxygen atoms in total. The van der Waals surface area contributed by atoms with Crippen LogP contribution in [0.5, 0.6) is 0 Å². The van der Waals surface area contributed by atoms with Crippen LogP contribution < -0.4 is 0 Å². The van der Waals surface area contributed by atoms with Gasteiger partial charge < -0.3 is 14.6 Å². The van der Waals surface area contributed by atoms with E-state index in [1.54, 1.807) is 0 Å². The summed E-state index contributed by atoms with van der Waals surface area (Å²) >= 11 is 0. The minimum Gasteiger partial charge on any atom is -0.434 e. The molecule has 0 aromatic rings. The molecule has 0 heterocycles. The van der Waals surface area contributed by atoms with Crippen LogP contribution >= 0.6 is 0 Å². The van der Waals surface area contributed by atoms with E-state index >= 15 is 0 Å². The lowest BCUT2D eigenvalue weighted by molar-refractivity contribution is -0.00609. The summed E-state index contributed by atoms with van der Waals surface area (Å²) < 4.78 is 9.00. The molecule has 0 atom stereocenters. The standard InChI is InChI=1S/C16H32O4/c1-2-3-4-5-6-7-8-9-10-11-12-13-14-19-16(18)20-15-17/h17H,2-15H2,1H3. The quantitative estimate of drug-likeness (QED) is 0.283. The van der Waals surface area contributed by atoms with E-state index in [2.05, 4.69) is 11.7 Å². The number of rotatable bonds is 14. The maximum absolute atomic E-state index is 10.7. The van der Waals surface area contributed by atoms with Crippen molar-refractivity contribution in [1.29, 1.82) is 0 Å². The van der Waals surface area contributed by atoms with E-state index in [1.807, 2.05) is 0 Å². The van der Waals surface area contributed by atoms with Gasteiger partial charge in [0, 0.05) is 0 Å². The molecule has 0 bridgehead atoms. The van der Waals surface area contributed by atoms with E-state index in [0.717, 1.165) is 12.8 Å². The van der Waals surface area contributed by atoms with Gasteiger partial charge in [0.1, 0.15) is 0 Å². The fourth-order valence-electron chi connectivity index (χ4n) is 2.19. The Bertz CT molecular complexity index is 207. The van der Waals surface area contributed by atoms with Crippen LogP contribution in [0.4, 0.5) is 4.79 Å². The van der Waals surface area contributed by atoms with E-state index in [-0.39, 0.29) is 0 Å². The number of carbonyl (C=O) groups is 1. The van der Waals surface area contributed by atoms with Crippen LogP contribution in [0.3, 0.4) is 0 Å². The third kappa shape index (κ3) is 15.3. The second kappa shape index (κ2) is 16.3. The van der Waals surface area contributed by atoms with E-state index in [0.29, 0.717) is 6.61 Å². The Balaban J connectivity index is 3.01. The lowest BCUT2D eigenvalue weighted by Crippen LogP contribution is -2.08. The van der Waals surface area contributed by atoms with E-state index < -0.39 is 12.9 Å². The average molecular weight is 288 g/mol. The summed E-state index contributed by atoms with van der Waals surface area (Å²) in [4.78, 5) is 10.7. The molecule has 0 aromatic heterocycles. The Morgan fingerprint density at radius 3 is 1.65 bits per heavy atom. The minimum atomic E-state index is -0.782. The SMILES string of the molecule is CCCCCCCCCCCCCCOC(=O)OCO. The topological polar surface area (TPSA) is 55.8 Å². The maximum atomic E-state index is 10.7. The van der Waals surface area contributed by atoms with Gasteiger partial charge >= 0.3 is 6.16 Å². The van der Waals surface area contributed by atoms with Gasteiger partial charge in [0.15, 0.2) is 6.79 Å². The fraction of sp³-hybridized carbons (Fsp3) is 0.938. The van der Waals surface area contributed by atoms with Gasteiger partial charge in [-0.2, -0.15) is 0 Å². The zero-order chi connectivity index (χ0) is 14.9. The molecule has 0 spiro atoms. The molecule has 0 unspecified atom stereocenters. The van der Waals surface area contributed by atoms with Gasteiger partial charge in [0.25, 0.3) is 0 Å². The average Bonchev–Trinajstić information content (AvgIpc) is 2.44. The molecule has 0 aliphatic rings. The van der Waals surface area contributed by atoms with Crippen LogP contribution in [-0.4, -0.2) is 24.7 Å². The summed E-state index contributed by atoms with van der Waals surface area (Å²) in [5.74, 6) is 0. The van der Waals surface area contributed by atoms with Gasteiger partial charge in [-0.05, 0) is 6.42 Å². The monoisotopic (exact) mass is 288 g/mol. The highest BCUT2D eigenvalue weighted by Crippen LogP contribution is 2.11. The molecule has 0 aliphatic heterocycles. The molecule has 1 N–H and O–H groups in total. The Morgan fingerprint density at radius 1 is 0.750 bits per heavy atom. The summed E-state index contributed by atoms with van der Waals surface area (Å²) in [5, 5.41) is 8.32. The minimum absolute atomic E-state index is 0.385. The van der Waals surface area contributed by atoms with E-state index in [4.69, 9.17) is 9.84 Å². The summed E-state index contributed by atoms with van der Waals surface area (Å²) in [7, 11) is 0. The predicted octanol–water partition coefficient (Wildman–Crippen LogP) is 4.79. The molecule has 0 saturated carbocycles. The molecule has 0 saturated heterocycles. The van der Waals surface area contributed by atoms with Crippen molar-refractivity contribution in [3.05, 3.63) is 0 Å². The predicted molar refractivity (Wildman–Crippen MR) is 80.6 cm³/mol. The first-order valence-electron chi connectivity index (χ1n) is 8.21. The first kappa shape index (κ1) is 19.2. The Morgan fingerprint density at radius 2 is 1.20 bits per heavy atom. The molecule has 0 fully saturated rings. The lowest BCUT2D eigenvalue weighted by Gasteiger charge is -2.04. The van der Waals surface area contributed by atoms with Gasteiger partial charge in [-0.15, -0.1) is 0 Å². The first-order valence-corrected chi connectivity index (χ1v) is 8.21. The number of ether oxygens (including phenoxy) is 2. The molecule has 20 heavy (non-hydrogen) atoms. The fourth-order valence-corrected chi connectivity index (χ4v) is 2.19. The molecule has 0 aromatic carbocycles. The Hall–Kier alpha value is -0.770. The van der Waals surface area contributed by atoms with Gasteiger partial charge in [-0.1, -0.05) is 77.6 Å². The van der Waals surface area contributed by atoms with Crippen molar-refractivity contribution >= 4 is 6.16 Å². The third-order valence-corrected chi connectivity index (χ3v) is 3.40. The van der Waals surface area contributed by atoms with E-state index in [1.165, 1.54) is 64.2 Å². The second-order valence-electron chi connectivity index (χ2n) is 5.26. The van der Waals surface area contributed by atoms with Gasteiger partial charge in [-0.25, -0.2) is 4.79 Å². The van der Waals surface area contributed by atoms with Gasteiger partial charge in [0.2, 0.25) is 0 Å². The number of aliphatic hydroxyl groups is 1. The Kier molecular flexibility index (Phi) is 15.7. The molecule has 120 valence electrons. The third-order valence-electron chi connectivity index (χ3n) is 3.40. The van der Waals surface area contributed by atoms with Crippen LogP contribution in [0.25, 0.3) is 0 Å². The Labute approximate surface area is 123 Å². The van der Waals surface area contributed by atoms with Crippen molar-refractivity contribution in [2.75, 3.05) is 13.4 Å². The van der Waals surface area contributed by atoms with Crippen molar-refractivity contribution < 1.29 is 19.4 Å². The number of hydrogen-bond donors (Lipinski definition) is 1. The van der Waals surface area contributed by atoms with Crippen LogP contribution in [0, 0.1) is 0 Å². The normalized spacial score (nSPS) is 10.5. The zero-order valence-electron chi connectivity index (χ0n) is 13.1. The van der Waals surface area contributed by atoms with Crippen molar-refractivity contribution in [3.63, 3.8) is 0 Å². The summed E-state index contributed by atoms with van der Waals surface area (Å²) in [6, 6.07) is 0. The molecule has 0 amide bonds. The molecular formula is C16H32O4. The highest BCUT2D eigenvalue weighted by Gasteiger charge is 2.01. The van der Waals surface area contributed by atoms with Crippen LogP contribution in [-0.2, 0) is 9.47 Å². The van der Waals surface area contributed by atoms with Crippen LogP contribution in [0.2, 0.25) is 0 Å². The first-order chi connectivity index (χ1) is 9.81. The summed E-state index contributed by atoms with van der Waals surface area (Å²) in [6.07, 6.45) is 14.6. The smallest absolute Gasteiger partial charge is 0.434 e. The van der Waals surface area contributed by atoms with Crippen LogP contribution in [0.15, 0.2) is 0 Å². The summed E-state index contributed by atoms with van der Waals surface area (Å²) in [6.45, 7) is 2.02. The molecule has 0 rings (SSSR count). The molecule has 0 radical (unpaired) electrons. The lowest BCUT2D eigenvalue weighted by atomic mass is 10.1. The molecular weight excluding hydrogens is 256 g/mol. The zero-order valence-corrected chi connectivity index (χ0v) is 13.1. The van der Waals surface area contributed by atoms with Crippen molar-refractivity contribution in [1.82, 2.24) is 0 Å². The van der Waals surface area contributed by atoms with E-state index in [9.17, 15) is 4.79 Å². The maximum Gasteiger partial charge on any atom is 0.510 e. The highest BCUT2D eigenvalue weighted by molar-refractivity contribution is 5.59. The van der Waals surface area contributed by atoms with Crippen molar-refractivity contribution in [2.45, 2.75) is 84.0 Å².